The van der Waals surface area contributed by atoms with Gasteiger partial charge in [0.25, 0.3) is 11.8 Å². The fraction of sp³-hybridized carbons (Fsp3) is 0.222. The molecule has 0 aliphatic carbocycles. The zero-order chi connectivity index (χ0) is 24.9. The van der Waals surface area contributed by atoms with E-state index in [0.29, 0.717) is 30.9 Å². The van der Waals surface area contributed by atoms with Gasteiger partial charge < -0.3 is 24.8 Å². The average Bonchev–Trinajstić information content (AvgIpc) is 3.18. The van der Waals surface area contributed by atoms with E-state index in [1.54, 1.807) is 41.3 Å². The van der Waals surface area contributed by atoms with Crippen LogP contribution in [0.4, 0.5) is 16.0 Å². The first-order chi connectivity index (χ1) is 17.6. The molecule has 5 rings (SSSR count). The van der Waals surface area contributed by atoms with Crippen LogP contribution in [0.15, 0.2) is 72.8 Å². The van der Waals surface area contributed by atoms with Crippen molar-refractivity contribution in [3.63, 3.8) is 0 Å². The number of anilines is 2. The van der Waals surface area contributed by atoms with Crippen molar-refractivity contribution in [3.05, 3.63) is 84.2 Å². The maximum absolute atomic E-state index is 13.8. The Balaban J connectivity index is 1.22. The summed E-state index contributed by atoms with van der Waals surface area (Å²) >= 11 is 0. The lowest BCUT2D eigenvalue weighted by atomic mass is 10.1. The van der Waals surface area contributed by atoms with Gasteiger partial charge in [-0.1, -0.05) is 36.4 Å². The van der Waals surface area contributed by atoms with Crippen molar-refractivity contribution in [1.29, 1.82) is 0 Å². The van der Waals surface area contributed by atoms with E-state index >= 15 is 0 Å². The van der Waals surface area contributed by atoms with E-state index in [9.17, 15) is 14.0 Å². The number of para-hydroxylation sites is 4. The molecule has 2 heterocycles. The molecule has 0 atom stereocenters. The van der Waals surface area contributed by atoms with Crippen LogP contribution in [0.5, 0.6) is 5.75 Å². The highest BCUT2D eigenvalue weighted by atomic mass is 19.1. The number of aromatic amines is 1. The fourth-order valence-electron chi connectivity index (χ4n) is 4.25. The van der Waals surface area contributed by atoms with Gasteiger partial charge in [-0.05, 0) is 42.8 Å². The lowest BCUT2D eigenvalue weighted by Crippen LogP contribution is -2.35. The molecule has 3 aromatic carbocycles. The molecule has 1 aromatic heterocycles. The van der Waals surface area contributed by atoms with E-state index < -0.39 is 11.7 Å². The van der Waals surface area contributed by atoms with Crippen LogP contribution in [0.2, 0.25) is 0 Å². The van der Waals surface area contributed by atoms with Gasteiger partial charge in [0.2, 0.25) is 5.95 Å². The predicted molar refractivity (Wildman–Crippen MR) is 136 cm³/mol. The Hall–Kier alpha value is -4.40. The molecule has 1 fully saturated rings. The first-order valence-electron chi connectivity index (χ1n) is 11.8. The number of H-pyrrole nitrogens is 1. The molecule has 4 aromatic rings. The number of aromatic nitrogens is 2. The Kier molecular flexibility index (Phi) is 6.79. The number of nitrogens with one attached hydrogen (secondary N) is 2. The third kappa shape index (κ3) is 5.14. The number of fused-ring (bicyclic) bond motifs is 1. The van der Waals surface area contributed by atoms with E-state index in [1.807, 2.05) is 24.3 Å². The van der Waals surface area contributed by atoms with Gasteiger partial charge in [-0.15, -0.1) is 0 Å². The van der Waals surface area contributed by atoms with Crippen LogP contribution in [-0.4, -0.2) is 59.5 Å². The van der Waals surface area contributed by atoms with Crippen molar-refractivity contribution in [1.82, 2.24) is 14.9 Å². The number of nitrogens with zero attached hydrogens (tertiary/aromatic N) is 3. The number of carbonyl (C=O) groups is 2. The minimum Gasteiger partial charge on any atom is -0.483 e. The van der Waals surface area contributed by atoms with Crippen LogP contribution < -0.4 is 15.0 Å². The molecular formula is C27H26FN5O3. The first-order valence-corrected chi connectivity index (χ1v) is 11.8. The van der Waals surface area contributed by atoms with Crippen molar-refractivity contribution < 1.29 is 18.7 Å². The SMILES string of the molecule is O=C(COc1ccccc1C(=O)N1CCCN(c2nc3ccccc3[nH]2)CC1)Nc1ccccc1F. The average molecular weight is 488 g/mol. The minimum atomic E-state index is -0.528. The van der Waals surface area contributed by atoms with Crippen molar-refractivity contribution in [2.45, 2.75) is 6.42 Å². The quantitative estimate of drug-likeness (QED) is 0.428. The van der Waals surface area contributed by atoms with Crippen LogP contribution in [0.25, 0.3) is 11.0 Å². The predicted octanol–water partition coefficient (Wildman–Crippen LogP) is 4.07. The zero-order valence-corrected chi connectivity index (χ0v) is 19.6. The van der Waals surface area contributed by atoms with Crippen LogP contribution in [0.1, 0.15) is 16.8 Å². The Morgan fingerprint density at radius 3 is 2.58 bits per heavy atom. The summed E-state index contributed by atoms with van der Waals surface area (Å²) in [6.07, 6.45) is 0.789. The second-order valence-corrected chi connectivity index (χ2v) is 8.52. The number of rotatable bonds is 6. The topological polar surface area (TPSA) is 90.6 Å². The van der Waals surface area contributed by atoms with E-state index in [0.717, 1.165) is 29.9 Å². The molecule has 0 radical (unpaired) electrons. The summed E-state index contributed by atoms with van der Waals surface area (Å²) in [5.74, 6) is -0.0934. The molecule has 1 aliphatic rings. The van der Waals surface area contributed by atoms with Gasteiger partial charge in [-0.2, -0.15) is 0 Å². The minimum absolute atomic E-state index is 0.0778. The third-order valence-electron chi connectivity index (χ3n) is 6.08. The van der Waals surface area contributed by atoms with Crippen LogP contribution in [0.3, 0.4) is 0 Å². The Bertz CT molecular complexity index is 1360. The highest BCUT2D eigenvalue weighted by Gasteiger charge is 2.24. The number of halogens is 1. The number of ether oxygens (including phenoxy) is 1. The van der Waals surface area contributed by atoms with E-state index in [-0.39, 0.29) is 18.2 Å². The largest absolute Gasteiger partial charge is 0.483 e. The van der Waals surface area contributed by atoms with Crippen molar-refractivity contribution >= 4 is 34.5 Å². The maximum Gasteiger partial charge on any atom is 0.262 e. The van der Waals surface area contributed by atoms with Gasteiger partial charge in [0.15, 0.2) is 6.61 Å². The highest BCUT2D eigenvalue weighted by Crippen LogP contribution is 2.23. The summed E-state index contributed by atoms with van der Waals surface area (Å²) in [6.45, 7) is 2.19. The van der Waals surface area contributed by atoms with Gasteiger partial charge in [0, 0.05) is 26.2 Å². The molecule has 36 heavy (non-hydrogen) atoms. The van der Waals surface area contributed by atoms with Crippen LogP contribution in [0, 0.1) is 5.82 Å². The Labute approximate surface area is 207 Å². The monoisotopic (exact) mass is 487 g/mol. The number of carbonyl (C=O) groups excluding carboxylic acids is 2. The number of hydrogen-bond acceptors (Lipinski definition) is 5. The highest BCUT2D eigenvalue weighted by molar-refractivity contribution is 5.97. The lowest BCUT2D eigenvalue weighted by molar-refractivity contribution is -0.118. The van der Waals surface area contributed by atoms with Crippen molar-refractivity contribution in [2.24, 2.45) is 0 Å². The van der Waals surface area contributed by atoms with E-state index in [4.69, 9.17) is 4.74 Å². The second kappa shape index (κ2) is 10.5. The normalized spacial score (nSPS) is 13.9. The fourth-order valence-corrected chi connectivity index (χ4v) is 4.25. The third-order valence-corrected chi connectivity index (χ3v) is 6.08. The summed E-state index contributed by atoms with van der Waals surface area (Å²) in [5, 5.41) is 2.48. The molecule has 9 heteroatoms. The zero-order valence-electron chi connectivity index (χ0n) is 19.6. The molecule has 0 saturated carbocycles. The first kappa shape index (κ1) is 23.3. The summed E-state index contributed by atoms with van der Waals surface area (Å²) in [5.41, 5.74) is 2.35. The van der Waals surface area contributed by atoms with Gasteiger partial charge in [0.05, 0.1) is 22.3 Å². The summed E-state index contributed by atoms with van der Waals surface area (Å²) < 4.78 is 19.5. The van der Waals surface area contributed by atoms with E-state index in [1.165, 1.54) is 12.1 Å². The van der Waals surface area contributed by atoms with Crippen LogP contribution in [-0.2, 0) is 4.79 Å². The molecule has 1 saturated heterocycles. The number of benzene rings is 3. The molecule has 184 valence electrons. The number of imidazole rings is 1. The molecule has 0 bridgehead atoms. The molecule has 1 aliphatic heterocycles. The molecule has 2 amide bonds. The molecule has 0 spiro atoms. The Morgan fingerprint density at radius 2 is 1.72 bits per heavy atom. The Morgan fingerprint density at radius 1 is 0.944 bits per heavy atom. The molecule has 2 N–H and O–H groups in total. The number of hydrogen-bond donors (Lipinski definition) is 2. The van der Waals surface area contributed by atoms with Crippen molar-refractivity contribution in [3.8, 4) is 5.75 Å². The summed E-state index contributed by atoms with van der Waals surface area (Å²) in [4.78, 5) is 37.7. The standard InChI is InChI=1S/C27H26FN5O3/c28-20-9-2-3-10-21(20)29-25(34)18-36-24-13-6-1-8-19(24)26(35)32-14-7-15-33(17-16-32)27-30-22-11-4-5-12-23(22)31-27/h1-6,8-13H,7,14-18H2,(H,29,34)(H,30,31). The number of amides is 2. The van der Waals surface area contributed by atoms with Gasteiger partial charge in [0.1, 0.15) is 11.6 Å². The molecule has 8 nitrogen and oxygen atoms in total. The smallest absolute Gasteiger partial charge is 0.262 e. The maximum atomic E-state index is 13.8. The summed E-state index contributed by atoms with van der Waals surface area (Å²) in [7, 11) is 0. The lowest BCUT2D eigenvalue weighted by Gasteiger charge is -2.22. The van der Waals surface area contributed by atoms with Crippen molar-refractivity contribution in [2.75, 3.05) is 43.0 Å². The van der Waals surface area contributed by atoms with Crippen LogP contribution >= 0.6 is 0 Å². The second-order valence-electron chi connectivity index (χ2n) is 8.52. The molecule has 0 unspecified atom stereocenters. The van der Waals surface area contributed by atoms with Gasteiger partial charge >= 0.3 is 0 Å². The van der Waals surface area contributed by atoms with Gasteiger partial charge in [-0.25, -0.2) is 9.37 Å². The summed E-state index contributed by atoms with van der Waals surface area (Å²) in [6, 6.07) is 20.6. The van der Waals surface area contributed by atoms with E-state index in [2.05, 4.69) is 20.2 Å². The molecular weight excluding hydrogens is 461 g/mol. The van der Waals surface area contributed by atoms with Gasteiger partial charge in [-0.3, -0.25) is 9.59 Å².